The van der Waals surface area contributed by atoms with E-state index in [1.807, 2.05) is 6.92 Å². The van der Waals surface area contributed by atoms with Crippen LogP contribution in [0.25, 0.3) is 11.3 Å². The molecule has 94 valence electrons. The molecule has 1 aliphatic rings. The number of ether oxygens (including phenoxy) is 1. The summed E-state index contributed by atoms with van der Waals surface area (Å²) in [6, 6.07) is 8.40. The van der Waals surface area contributed by atoms with Crippen molar-refractivity contribution in [1.29, 1.82) is 0 Å². The van der Waals surface area contributed by atoms with Gasteiger partial charge in [0.1, 0.15) is 0 Å². The Balaban J connectivity index is 1.80. The minimum absolute atomic E-state index is 0.697. The zero-order valence-electron chi connectivity index (χ0n) is 10.4. The third-order valence-corrected chi connectivity index (χ3v) is 3.15. The molecule has 0 radical (unpaired) electrons. The number of aryl methyl sites for hydroxylation is 1. The number of hydrogen-bond acceptors (Lipinski definition) is 4. The van der Waals surface area contributed by atoms with Crippen molar-refractivity contribution in [1.82, 2.24) is 4.98 Å². The fourth-order valence-electron chi connectivity index (χ4n) is 2.15. The van der Waals surface area contributed by atoms with Gasteiger partial charge >= 0.3 is 0 Å². The van der Waals surface area contributed by atoms with Gasteiger partial charge in [-0.05, 0) is 24.3 Å². The summed E-state index contributed by atoms with van der Waals surface area (Å²) >= 11 is 0. The van der Waals surface area contributed by atoms with Crippen molar-refractivity contribution in [2.45, 2.75) is 6.92 Å². The second-order valence-corrected chi connectivity index (χ2v) is 4.39. The van der Waals surface area contributed by atoms with Gasteiger partial charge in [-0.15, -0.1) is 0 Å². The first-order valence-corrected chi connectivity index (χ1v) is 6.18. The Morgan fingerprint density at radius 1 is 1.11 bits per heavy atom. The molecular formula is C14H16N2O2. The lowest BCUT2D eigenvalue weighted by Crippen LogP contribution is -2.36. The molecule has 1 fully saturated rings. The zero-order chi connectivity index (χ0) is 12.4. The van der Waals surface area contributed by atoms with E-state index >= 15 is 0 Å². The summed E-state index contributed by atoms with van der Waals surface area (Å²) in [4.78, 5) is 6.44. The van der Waals surface area contributed by atoms with Crippen molar-refractivity contribution in [2.75, 3.05) is 31.2 Å². The molecule has 0 atom stereocenters. The number of rotatable bonds is 2. The van der Waals surface area contributed by atoms with E-state index in [-0.39, 0.29) is 0 Å². The molecule has 2 heterocycles. The number of oxazole rings is 1. The van der Waals surface area contributed by atoms with Crippen molar-refractivity contribution in [3.05, 3.63) is 36.4 Å². The average molecular weight is 244 g/mol. The SMILES string of the molecule is Cc1ncc(-c2ccc(N3CCOCC3)cc2)o1. The Morgan fingerprint density at radius 2 is 1.83 bits per heavy atom. The van der Waals surface area contributed by atoms with Gasteiger partial charge in [-0.25, -0.2) is 4.98 Å². The lowest BCUT2D eigenvalue weighted by molar-refractivity contribution is 0.122. The number of benzene rings is 1. The number of hydrogen-bond donors (Lipinski definition) is 0. The zero-order valence-corrected chi connectivity index (χ0v) is 10.4. The fraction of sp³-hybridized carbons (Fsp3) is 0.357. The third-order valence-electron chi connectivity index (χ3n) is 3.15. The molecule has 0 aliphatic carbocycles. The molecule has 1 aromatic heterocycles. The predicted octanol–water partition coefficient (Wildman–Crippen LogP) is 2.49. The molecule has 0 N–H and O–H groups in total. The smallest absolute Gasteiger partial charge is 0.191 e. The minimum Gasteiger partial charge on any atom is -0.441 e. The van der Waals surface area contributed by atoms with Gasteiger partial charge in [-0.2, -0.15) is 0 Å². The molecule has 1 aromatic carbocycles. The summed E-state index contributed by atoms with van der Waals surface area (Å²) in [5, 5.41) is 0. The van der Waals surface area contributed by atoms with Gasteiger partial charge in [0.05, 0.1) is 19.4 Å². The molecule has 1 aliphatic heterocycles. The minimum atomic E-state index is 0.697. The van der Waals surface area contributed by atoms with Gasteiger partial charge in [0.2, 0.25) is 0 Å². The molecule has 18 heavy (non-hydrogen) atoms. The van der Waals surface area contributed by atoms with Crippen molar-refractivity contribution in [3.8, 4) is 11.3 Å². The van der Waals surface area contributed by atoms with Crippen LogP contribution in [0.3, 0.4) is 0 Å². The molecule has 0 amide bonds. The van der Waals surface area contributed by atoms with E-state index < -0.39 is 0 Å². The summed E-state index contributed by atoms with van der Waals surface area (Å²) < 4.78 is 10.9. The summed E-state index contributed by atoms with van der Waals surface area (Å²) in [6.07, 6.45) is 1.76. The lowest BCUT2D eigenvalue weighted by Gasteiger charge is -2.28. The normalized spacial score (nSPS) is 15.9. The second-order valence-electron chi connectivity index (χ2n) is 4.39. The molecule has 0 spiro atoms. The van der Waals surface area contributed by atoms with E-state index in [4.69, 9.17) is 9.15 Å². The molecule has 0 bridgehead atoms. The average Bonchev–Trinajstić information content (AvgIpc) is 2.87. The van der Waals surface area contributed by atoms with Crippen LogP contribution >= 0.6 is 0 Å². The molecular weight excluding hydrogens is 228 g/mol. The van der Waals surface area contributed by atoms with Crippen LogP contribution in [0.5, 0.6) is 0 Å². The van der Waals surface area contributed by atoms with Crippen LogP contribution in [-0.4, -0.2) is 31.3 Å². The fourth-order valence-corrected chi connectivity index (χ4v) is 2.15. The number of nitrogens with zero attached hydrogens (tertiary/aromatic N) is 2. The maximum absolute atomic E-state index is 5.51. The summed E-state index contributed by atoms with van der Waals surface area (Å²) in [7, 11) is 0. The van der Waals surface area contributed by atoms with Gasteiger partial charge in [0, 0.05) is 31.3 Å². The van der Waals surface area contributed by atoms with E-state index in [0.717, 1.165) is 37.6 Å². The molecule has 0 saturated carbocycles. The van der Waals surface area contributed by atoms with Crippen LogP contribution in [-0.2, 0) is 4.74 Å². The standard InChI is InChI=1S/C14H16N2O2/c1-11-15-10-14(18-11)12-2-4-13(5-3-12)16-6-8-17-9-7-16/h2-5,10H,6-9H2,1H3. The first-order chi connectivity index (χ1) is 8.83. The Morgan fingerprint density at radius 3 is 2.44 bits per heavy atom. The van der Waals surface area contributed by atoms with E-state index in [2.05, 4.69) is 34.1 Å². The highest BCUT2D eigenvalue weighted by Crippen LogP contribution is 2.24. The Bertz CT molecular complexity index is 513. The molecule has 4 heteroatoms. The van der Waals surface area contributed by atoms with Crippen molar-refractivity contribution < 1.29 is 9.15 Å². The molecule has 3 rings (SSSR count). The third kappa shape index (κ3) is 2.24. The van der Waals surface area contributed by atoms with Crippen LogP contribution in [0.2, 0.25) is 0 Å². The molecule has 2 aromatic rings. The monoisotopic (exact) mass is 244 g/mol. The first kappa shape index (κ1) is 11.3. The molecule has 1 saturated heterocycles. The van der Waals surface area contributed by atoms with E-state index in [0.29, 0.717) is 5.89 Å². The maximum atomic E-state index is 5.51. The topological polar surface area (TPSA) is 38.5 Å². The van der Waals surface area contributed by atoms with E-state index in [1.165, 1.54) is 5.69 Å². The van der Waals surface area contributed by atoms with Crippen LogP contribution < -0.4 is 4.90 Å². The number of morpholine rings is 1. The highest BCUT2D eigenvalue weighted by atomic mass is 16.5. The van der Waals surface area contributed by atoms with Crippen molar-refractivity contribution in [3.63, 3.8) is 0 Å². The Hall–Kier alpha value is -1.81. The summed E-state index contributed by atoms with van der Waals surface area (Å²) in [5.41, 5.74) is 2.30. The van der Waals surface area contributed by atoms with Crippen LogP contribution in [0.1, 0.15) is 5.89 Å². The largest absolute Gasteiger partial charge is 0.441 e. The molecule has 4 nitrogen and oxygen atoms in total. The first-order valence-electron chi connectivity index (χ1n) is 6.18. The van der Waals surface area contributed by atoms with Gasteiger partial charge in [0.25, 0.3) is 0 Å². The highest BCUT2D eigenvalue weighted by Gasteiger charge is 2.11. The van der Waals surface area contributed by atoms with Crippen LogP contribution in [0, 0.1) is 6.92 Å². The predicted molar refractivity (Wildman–Crippen MR) is 69.7 cm³/mol. The number of aromatic nitrogens is 1. The second kappa shape index (κ2) is 4.82. The summed E-state index contributed by atoms with van der Waals surface area (Å²) in [5.74, 6) is 1.52. The Kier molecular flexibility index (Phi) is 3.02. The lowest BCUT2D eigenvalue weighted by atomic mass is 10.1. The van der Waals surface area contributed by atoms with E-state index in [9.17, 15) is 0 Å². The maximum Gasteiger partial charge on any atom is 0.191 e. The van der Waals surface area contributed by atoms with Crippen LogP contribution in [0.15, 0.2) is 34.9 Å². The van der Waals surface area contributed by atoms with Gasteiger partial charge in [-0.1, -0.05) is 0 Å². The summed E-state index contributed by atoms with van der Waals surface area (Å²) in [6.45, 7) is 5.39. The Labute approximate surface area is 106 Å². The number of anilines is 1. The highest BCUT2D eigenvalue weighted by molar-refractivity contribution is 5.61. The van der Waals surface area contributed by atoms with Gasteiger partial charge in [0.15, 0.2) is 11.7 Å². The van der Waals surface area contributed by atoms with Crippen molar-refractivity contribution >= 4 is 5.69 Å². The van der Waals surface area contributed by atoms with E-state index in [1.54, 1.807) is 6.20 Å². The van der Waals surface area contributed by atoms with Gasteiger partial charge in [-0.3, -0.25) is 0 Å². The van der Waals surface area contributed by atoms with Gasteiger partial charge < -0.3 is 14.1 Å². The quantitative estimate of drug-likeness (QED) is 0.813. The van der Waals surface area contributed by atoms with Crippen molar-refractivity contribution in [2.24, 2.45) is 0 Å². The van der Waals surface area contributed by atoms with Crippen LogP contribution in [0.4, 0.5) is 5.69 Å². The molecule has 0 unspecified atom stereocenters.